The first-order valence-corrected chi connectivity index (χ1v) is 9.07. The van der Waals surface area contributed by atoms with Gasteiger partial charge in [0.15, 0.2) is 0 Å². The van der Waals surface area contributed by atoms with Crippen LogP contribution in [0.25, 0.3) is 11.6 Å². The molecule has 0 bridgehead atoms. The highest BCUT2D eigenvalue weighted by Crippen LogP contribution is 2.31. The third-order valence-corrected chi connectivity index (χ3v) is 4.47. The lowest BCUT2D eigenvalue weighted by Crippen LogP contribution is -2.32. The highest BCUT2D eigenvalue weighted by Gasteiger charge is 2.23. The Morgan fingerprint density at radius 2 is 2.00 bits per heavy atom. The topological polar surface area (TPSA) is 83.4 Å². The van der Waals surface area contributed by atoms with Crippen molar-refractivity contribution in [1.29, 1.82) is 0 Å². The first kappa shape index (κ1) is 15.6. The molecule has 1 aliphatic rings. The first-order chi connectivity index (χ1) is 11.0. The van der Waals surface area contributed by atoms with Crippen LogP contribution in [0.3, 0.4) is 0 Å². The van der Waals surface area contributed by atoms with Gasteiger partial charge in [-0.25, -0.2) is 18.4 Å². The smallest absolute Gasteiger partial charge is 0.248 e. The number of fused-ring (bicyclic) bond motifs is 1. The van der Waals surface area contributed by atoms with Gasteiger partial charge in [0.25, 0.3) is 0 Å². The highest BCUT2D eigenvalue weighted by atomic mass is 32.2. The van der Waals surface area contributed by atoms with Gasteiger partial charge in [-0.3, -0.25) is 0 Å². The molecule has 0 spiro atoms. The van der Waals surface area contributed by atoms with E-state index >= 15 is 0 Å². The third kappa shape index (κ3) is 3.25. The molecule has 0 saturated heterocycles. The molecule has 1 aliphatic heterocycles. The van der Waals surface area contributed by atoms with Crippen LogP contribution in [-0.4, -0.2) is 49.4 Å². The zero-order valence-corrected chi connectivity index (χ0v) is 13.5. The van der Waals surface area contributed by atoms with E-state index in [1.54, 1.807) is 0 Å². The van der Waals surface area contributed by atoms with Crippen LogP contribution < -0.4 is 4.90 Å². The van der Waals surface area contributed by atoms with E-state index in [1.807, 2.05) is 41.3 Å². The lowest BCUT2D eigenvalue weighted by atomic mass is 10.00. The molecule has 3 rings (SSSR count). The zero-order chi connectivity index (χ0) is 16.4. The van der Waals surface area contributed by atoms with E-state index in [9.17, 15) is 13.5 Å². The van der Waals surface area contributed by atoms with Crippen LogP contribution in [0.15, 0.2) is 41.7 Å². The largest absolute Gasteiger partial charge is 0.395 e. The maximum atomic E-state index is 11.7. The molecule has 6 nitrogen and oxygen atoms in total. The molecule has 0 unspecified atom stereocenters. The van der Waals surface area contributed by atoms with E-state index in [4.69, 9.17) is 0 Å². The van der Waals surface area contributed by atoms with E-state index in [1.165, 1.54) is 6.20 Å². The van der Waals surface area contributed by atoms with Crippen LogP contribution >= 0.6 is 0 Å². The molecular formula is C16H17N3O3S. The number of benzene rings is 1. The fraction of sp³-hybridized carbons (Fsp3) is 0.250. The number of aliphatic hydroxyl groups excluding tert-OH is 1. The van der Waals surface area contributed by atoms with Gasteiger partial charge in [-0.15, -0.1) is 0 Å². The third-order valence-electron chi connectivity index (χ3n) is 3.61. The lowest BCUT2D eigenvalue weighted by molar-refractivity contribution is 0.302. The molecule has 1 aromatic carbocycles. The van der Waals surface area contributed by atoms with Crippen LogP contribution in [0.5, 0.6) is 0 Å². The Morgan fingerprint density at radius 3 is 2.65 bits per heavy atom. The summed E-state index contributed by atoms with van der Waals surface area (Å²) >= 11 is 0. The summed E-state index contributed by atoms with van der Waals surface area (Å²) < 4.78 is 23.3. The van der Waals surface area contributed by atoms with Crippen molar-refractivity contribution < 1.29 is 13.5 Å². The SMILES string of the molecule is CS(=O)(=O)c1ncc2c(n1)N(CCO)CC(c1ccccc1)=C2. The van der Waals surface area contributed by atoms with Crippen molar-refractivity contribution in [3.8, 4) is 0 Å². The maximum absolute atomic E-state index is 11.7. The molecule has 0 atom stereocenters. The molecule has 7 heteroatoms. The summed E-state index contributed by atoms with van der Waals surface area (Å²) in [6.07, 6.45) is 4.56. The van der Waals surface area contributed by atoms with E-state index in [2.05, 4.69) is 9.97 Å². The summed E-state index contributed by atoms with van der Waals surface area (Å²) in [4.78, 5) is 10.0. The summed E-state index contributed by atoms with van der Waals surface area (Å²) in [5.74, 6) is 0.536. The molecule has 1 N–H and O–H groups in total. The summed E-state index contributed by atoms with van der Waals surface area (Å²) in [6.45, 7) is 0.884. The van der Waals surface area contributed by atoms with Crippen molar-refractivity contribution in [3.63, 3.8) is 0 Å². The molecule has 0 fully saturated rings. The van der Waals surface area contributed by atoms with Gasteiger partial charge in [0.1, 0.15) is 5.82 Å². The fourth-order valence-corrected chi connectivity index (χ4v) is 3.04. The van der Waals surface area contributed by atoms with Crippen LogP contribution in [0.2, 0.25) is 0 Å². The quantitative estimate of drug-likeness (QED) is 0.849. The van der Waals surface area contributed by atoms with Gasteiger partial charge in [0, 0.05) is 31.1 Å². The second kappa shape index (κ2) is 6.10. The van der Waals surface area contributed by atoms with Crippen molar-refractivity contribution in [2.45, 2.75) is 5.16 Å². The molecular weight excluding hydrogens is 314 g/mol. The molecule has 1 aromatic heterocycles. The Labute approximate surface area is 135 Å². The van der Waals surface area contributed by atoms with Crippen molar-refractivity contribution in [3.05, 3.63) is 47.7 Å². The molecule has 2 aromatic rings. The van der Waals surface area contributed by atoms with Crippen LogP contribution in [-0.2, 0) is 9.84 Å². The number of hydrogen-bond acceptors (Lipinski definition) is 6. The molecule has 0 radical (unpaired) electrons. The van der Waals surface area contributed by atoms with Crippen molar-refractivity contribution in [2.75, 3.05) is 30.9 Å². The van der Waals surface area contributed by atoms with Crippen molar-refractivity contribution in [2.24, 2.45) is 0 Å². The number of sulfone groups is 1. The number of aromatic nitrogens is 2. The Balaban J connectivity index is 2.10. The van der Waals surface area contributed by atoms with E-state index in [0.717, 1.165) is 23.0 Å². The normalized spacial score (nSPS) is 14.3. The monoisotopic (exact) mass is 331 g/mol. The van der Waals surface area contributed by atoms with Crippen LogP contribution in [0.4, 0.5) is 5.82 Å². The zero-order valence-electron chi connectivity index (χ0n) is 12.7. The predicted octanol–water partition coefficient (Wildman–Crippen LogP) is 1.23. The van der Waals surface area contributed by atoms with E-state index in [-0.39, 0.29) is 11.8 Å². The van der Waals surface area contributed by atoms with E-state index < -0.39 is 9.84 Å². The van der Waals surface area contributed by atoms with Crippen molar-refractivity contribution >= 4 is 27.3 Å². The minimum Gasteiger partial charge on any atom is -0.395 e. The molecule has 2 heterocycles. The Morgan fingerprint density at radius 1 is 1.26 bits per heavy atom. The van der Waals surface area contributed by atoms with Gasteiger partial charge in [-0.2, -0.15) is 0 Å². The van der Waals surface area contributed by atoms with Crippen LogP contribution in [0, 0.1) is 0 Å². The Kier molecular flexibility index (Phi) is 4.14. The summed E-state index contributed by atoms with van der Waals surface area (Å²) in [6, 6.07) is 9.91. The highest BCUT2D eigenvalue weighted by molar-refractivity contribution is 7.90. The Hall–Kier alpha value is -2.25. The molecule has 120 valence electrons. The number of anilines is 1. The Bertz CT molecular complexity index is 848. The van der Waals surface area contributed by atoms with Gasteiger partial charge in [0.2, 0.25) is 15.0 Å². The molecule has 0 amide bonds. The fourth-order valence-electron chi connectivity index (χ4n) is 2.55. The average molecular weight is 331 g/mol. The van der Waals surface area contributed by atoms with Crippen LogP contribution in [0.1, 0.15) is 11.1 Å². The van der Waals surface area contributed by atoms with Gasteiger partial charge in [-0.05, 0) is 17.2 Å². The average Bonchev–Trinajstić information content (AvgIpc) is 2.54. The number of hydrogen-bond donors (Lipinski definition) is 1. The second-order valence-corrected chi connectivity index (χ2v) is 7.29. The lowest BCUT2D eigenvalue weighted by Gasteiger charge is -2.29. The molecule has 23 heavy (non-hydrogen) atoms. The molecule has 0 saturated carbocycles. The molecule has 0 aliphatic carbocycles. The van der Waals surface area contributed by atoms with Gasteiger partial charge >= 0.3 is 0 Å². The minimum atomic E-state index is -3.47. The van der Waals surface area contributed by atoms with E-state index in [0.29, 0.717) is 18.9 Å². The number of rotatable bonds is 4. The van der Waals surface area contributed by atoms with Gasteiger partial charge in [-0.1, -0.05) is 30.3 Å². The minimum absolute atomic E-state index is 0.0419. The summed E-state index contributed by atoms with van der Waals surface area (Å²) in [5, 5.41) is 9.11. The summed E-state index contributed by atoms with van der Waals surface area (Å²) in [7, 11) is -3.47. The summed E-state index contributed by atoms with van der Waals surface area (Å²) in [5.41, 5.74) is 2.89. The standard InChI is InChI=1S/C16H17N3O3S/c1-23(21,22)16-17-10-13-9-14(12-5-3-2-4-6-12)11-19(7-8-20)15(13)18-16/h2-6,9-10,20H,7-8,11H2,1H3. The second-order valence-electron chi connectivity index (χ2n) is 5.38. The predicted molar refractivity (Wildman–Crippen MR) is 88.8 cm³/mol. The maximum Gasteiger partial charge on any atom is 0.248 e. The van der Waals surface area contributed by atoms with Gasteiger partial charge in [0.05, 0.1) is 6.61 Å². The van der Waals surface area contributed by atoms with Gasteiger partial charge < -0.3 is 10.0 Å². The number of nitrogens with zero attached hydrogens (tertiary/aromatic N) is 3. The number of β-amino-alcohol motifs (C(OH)–C–C–N with tert-alkyl or cyclic N) is 1. The number of aliphatic hydroxyl groups is 1. The van der Waals surface area contributed by atoms with Crippen molar-refractivity contribution in [1.82, 2.24) is 9.97 Å². The first-order valence-electron chi connectivity index (χ1n) is 7.18.